The predicted molar refractivity (Wildman–Crippen MR) is 122 cm³/mol. The Bertz CT molecular complexity index is 689. The molecule has 0 bridgehead atoms. The fraction of sp³-hybridized carbons (Fsp3) is 0.667. The Morgan fingerprint density at radius 1 is 1.31 bits per heavy atom. The van der Waals surface area contributed by atoms with Gasteiger partial charge in [0.05, 0.1) is 18.9 Å². The Morgan fingerprint density at radius 2 is 2.00 bits per heavy atom. The number of halogens is 2. The molecule has 1 aromatic carbocycles. The zero-order chi connectivity index (χ0) is 19.7. The van der Waals surface area contributed by atoms with Crippen LogP contribution in [0.3, 0.4) is 0 Å². The van der Waals surface area contributed by atoms with E-state index in [-0.39, 0.29) is 42.2 Å². The molecule has 3 rings (SSSR count). The predicted octanol–water partition coefficient (Wildman–Crippen LogP) is 3.01. The zero-order valence-electron chi connectivity index (χ0n) is 17.8. The van der Waals surface area contributed by atoms with E-state index in [0.717, 1.165) is 30.9 Å². The van der Waals surface area contributed by atoms with Gasteiger partial charge in [-0.25, -0.2) is 0 Å². The molecule has 1 aromatic rings. The Morgan fingerprint density at radius 3 is 2.62 bits per heavy atom. The van der Waals surface area contributed by atoms with Crippen LogP contribution in [0.1, 0.15) is 33.6 Å². The highest BCUT2D eigenvalue weighted by Crippen LogP contribution is 2.49. The van der Waals surface area contributed by atoms with E-state index in [1.807, 2.05) is 39.0 Å². The van der Waals surface area contributed by atoms with Gasteiger partial charge in [-0.2, -0.15) is 0 Å². The van der Waals surface area contributed by atoms with Crippen LogP contribution < -0.4 is 20.7 Å². The highest BCUT2D eigenvalue weighted by atomic mass is 35.5. The third-order valence-corrected chi connectivity index (χ3v) is 6.50. The fourth-order valence-electron chi connectivity index (χ4n) is 4.32. The second kappa shape index (κ2) is 10.2. The summed E-state index contributed by atoms with van der Waals surface area (Å²) < 4.78 is 11.2. The van der Waals surface area contributed by atoms with Gasteiger partial charge in [0.2, 0.25) is 5.91 Å². The second-order valence-electron chi connectivity index (χ2n) is 8.32. The number of benzene rings is 1. The van der Waals surface area contributed by atoms with Gasteiger partial charge in [-0.15, -0.1) is 24.8 Å². The van der Waals surface area contributed by atoms with E-state index in [4.69, 9.17) is 15.2 Å². The summed E-state index contributed by atoms with van der Waals surface area (Å²) in [6, 6.07) is 8.07. The largest absolute Gasteiger partial charge is 0.495 e. The quantitative estimate of drug-likeness (QED) is 0.671. The van der Waals surface area contributed by atoms with Crippen LogP contribution in [0.2, 0.25) is 0 Å². The number of hydrogen-bond acceptors (Lipinski definition) is 5. The number of nitrogens with zero attached hydrogens (tertiary/aromatic N) is 1. The normalized spacial score (nSPS) is 27.3. The maximum absolute atomic E-state index is 12.8. The topological polar surface area (TPSA) is 76.8 Å². The number of hydrogen-bond donors (Lipinski definition) is 2. The standard InChI is InChI=1S/C21H33N3O3.2ClH/c1-5-27-18-12-21(22,20(18,2)3)19(25)23-13-15-10-11-24(14-15)16-8-6-7-9-17(16)26-4;;/h6-9,15,18H,5,10-14,22H2,1-4H3,(H,23,25);2*1H. The van der Waals surface area contributed by atoms with Crippen molar-refractivity contribution in [1.82, 2.24) is 5.32 Å². The minimum Gasteiger partial charge on any atom is -0.495 e. The summed E-state index contributed by atoms with van der Waals surface area (Å²) in [6.07, 6.45) is 1.67. The van der Waals surface area contributed by atoms with E-state index in [1.165, 1.54) is 0 Å². The number of nitrogens with one attached hydrogen (secondary N) is 1. The van der Waals surface area contributed by atoms with Gasteiger partial charge in [0.1, 0.15) is 11.3 Å². The van der Waals surface area contributed by atoms with Crippen LogP contribution in [0.15, 0.2) is 24.3 Å². The van der Waals surface area contributed by atoms with Crippen LogP contribution in [0.25, 0.3) is 0 Å². The van der Waals surface area contributed by atoms with Crippen molar-refractivity contribution in [1.29, 1.82) is 0 Å². The van der Waals surface area contributed by atoms with Crippen LogP contribution >= 0.6 is 24.8 Å². The molecule has 3 unspecified atom stereocenters. The maximum Gasteiger partial charge on any atom is 0.240 e. The molecular formula is C21H35Cl2N3O3. The van der Waals surface area contributed by atoms with Crippen LogP contribution in [0.5, 0.6) is 5.75 Å². The SMILES string of the molecule is CCOC1CC(N)(C(=O)NCC2CCN(c3ccccc3OC)C2)C1(C)C.Cl.Cl. The first-order chi connectivity index (χ1) is 12.8. The van der Waals surface area contributed by atoms with Gasteiger partial charge in [0, 0.05) is 38.1 Å². The lowest BCUT2D eigenvalue weighted by Gasteiger charge is -2.57. The molecule has 3 atom stereocenters. The molecule has 1 saturated carbocycles. The van der Waals surface area contributed by atoms with E-state index in [9.17, 15) is 4.79 Å². The van der Waals surface area contributed by atoms with Crippen molar-refractivity contribution in [2.24, 2.45) is 17.1 Å². The number of ether oxygens (including phenoxy) is 2. The molecule has 0 aromatic heterocycles. The Balaban J connectivity index is 0.00000210. The molecule has 1 saturated heterocycles. The van der Waals surface area contributed by atoms with Crippen molar-refractivity contribution < 1.29 is 14.3 Å². The molecule has 0 radical (unpaired) electrons. The lowest BCUT2D eigenvalue weighted by Crippen LogP contribution is -2.75. The molecule has 2 aliphatic rings. The molecule has 8 heteroatoms. The lowest BCUT2D eigenvalue weighted by molar-refractivity contribution is -0.170. The summed E-state index contributed by atoms with van der Waals surface area (Å²) in [6.45, 7) is 9.19. The highest BCUT2D eigenvalue weighted by molar-refractivity contribution is 5.88. The smallest absolute Gasteiger partial charge is 0.240 e. The van der Waals surface area contributed by atoms with Gasteiger partial charge in [-0.05, 0) is 31.4 Å². The van der Waals surface area contributed by atoms with E-state index in [1.54, 1.807) is 7.11 Å². The highest BCUT2D eigenvalue weighted by Gasteiger charge is 2.62. The zero-order valence-corrected chi connectivity index (χ0v) is 19.4. The first-order valence-corrected chi connectivity index (χ1v) is 9.90. The van der Waals surface area contributed by atoms with Gasteiger partial charge in [-0.3, -0.25) is 4.79 Å². The minimum atomic E-state index is -0.853. The maximum atomic E-state index is 12.8. The van der Waals surface area contributed by atoms with E-state index in [2.05, 4.69) is 16.3 Å². The number of methoxy groups -OCH3 is 1. The van der Waals surface area contributed by atoms with Gasteiger partial charge in [-0.1, -0.05) is 26.0 Å². The van der Waals surface area contributed by atoms with Gasteiger partial charge in [0.15, 0.2) is 0 Å². The van der Waals surface area contributed by atoms with Crippen molar-refractivity contribution in [2.75, 3.05) is 38.3 Å². The first-order valence-electron chi connectivity index (χ1n) is 9.90. The van der Waals surface area contributed by atoms with Gasteiger partial charge < -0.3 is 25.4 Å². The second-order valence-corrected chi connectivity index (χ2v) is 8.32. The molecule has 1 aliphatic heterocycles. The third-order valence-electron chi connectivity index (χ3n) is 6.50. The summed E-state index contributed by atoms with van der Waals surface area (Å²) in [5.74, 6) is 1.24. The monoisotopic (exact) mass is 447 g/mol. The van der Waals surface area contributed by atoms with Crippen molar-refractivity contribution in [2.45, 2.75) is 45.3 Å². The van der Waals surface area contributed by atoms with Crippen molar-refractivity contribution in [3.63, 3.8) is 0 Å². The summed E-state index contributed by atoms with van der Waals surface area (Å²) >= 11 is 0. The van der Waals surface area contributed by atoms with Gasteiger partial charge in [0.25, 0.3) is 0 Å². The lowest BCUT2D eigenvalue weighted by atomic mass is 9.54. The molecule has 2 fully saturated rings. The number of amides is 1. The Kier molecular flexibility index (Phi) is 9.09. The number of para-hydroxylation sites is 2. The average molecular weight is 448 g/mol. The molecule has 0 spiro atoms. The third kappa shape index (κ3) is 4.76. The number of carbonyl (C=O) groups is 1. The Hall–Kier alpha value is -1.21. The minimum absolute atomic E-state index is 0. The van der Waals surface area contributed by atoms with E-state index >= 15 is 0 Å². The molecule has 1 aliphatic carbocycles. The van der Waals surface area contributed by atoms with Gasteiger partial charge >= 0.3 is 0 Å². The van der Waals surface area contributed by atoms with Crippen molar-refractivity contribution in [3.8, 4) is 5.75 Å². The molecule has 1 heterocycles. The average Bonchev–Trinajstić information content (AvgIpc) is 3.14. The summed E-state index contributed by atoms with van der Waals surface area (Å²) in [7, 11) is 1.70. The van der Waals surface area contributed by atoms with Crippen LogP contribution in [0, 0.1) is 11.3 Å². The molecular weight excluding hydrogens is 413 g/mol. The fourth-order valence-corrected chi connectivity index (χ4v) is 4.32. The summed E-state index contributed by atoms with van der Waals surface area (Å²) in [5, 5.41) is 3.11. The molecule has 1 amide bonds. The number of carbonyl (C=O) groups excluding carboxylic acids is 1. The van der Waals surface area contributed by atoms with E-state index < -0.39 is 5.54 Å². The first kappa shape index (κ1) is 25.8. The number of anilines is 1. The number of rotatable bonds is 7. The summed E-state index contributed by atoms with van der Waals surface area (Å²) in [5.41, 5.74) is 6.37. The van der Waals surface area contributed by atoms with Crippen molar-refractivity contribution >= 4 is 36.4 Å². The van der Waals surface area contributed by atoms with Crippen LogP contribution in [0.4, 0.5) is 5.69 Å². The van der Waals surface area contributed by atoms with Crippen LogP contribution in [-0.4, -0.2) is 50.9 Å². The van der Waals surface area contributed by atoms with Crippen molar-refractivity contribution in [3.05, 3.63) is 24.3 Å². The number of nitrogens with two attached hydrogens (primary N) is 1. The Labute approximate surface area is 186 Å². The molecule has 6 nitrogen and oxygen atoms in total. The van der Waals surface area contributed by atoms with E-state index in [0.29, 0.717) is 25.5 Å². The summed E-state index contributed by atoms with van der Waals surface area (Å²) in [4.78, 5) is 15.1. The molecule has 29 heavy (non-hydrogen) atoms. The van der Waals surface area contributed by atoms with Crippen LogP contribution in [-0.2, 0) is 9.53 Å². The molecule has 3 N–H and O–H groups in total. The molecule has 166 valence electrons.